The van der Waals surface area contributed by atoms with Gasteiger partial charge in [0.1, 0.15) is 0 Å². The van der Waals surface area contributed by atoms with E-state index in [0.717, 1.165) is 16.2 Å². The number of hydrogen-bond donors (Lipinski definition) is 1. The summed E-state index contributed by atoms with van der Waals surface area (Å²) in [7, 11) is 3.43. The van der Waals surface area contributed by atoms with Gasteiger partial charge in [0.2, 0.25) is 0 Å². The van der Waals surface area contributed by atoms with Crippen LogP contribution in [0.1, 0.15) is 10.4 Å². The lowest BCUT2D eigenvalue weighted by Gasteiger charge is -2.07. The molecule has 0 unspecified atom stereocenters. The maximum atomic E-state index is 11.8. The van der Waals surface area contributed by atoms with Crippen molar-refractivity contribution in [2.45, 2.75) is 0 Å². The second-order valence-corrected chi connectivity index (χ2v) is 4.23. The van der Waals surface area contributed by atoms with Crippen molar-refractivity contribution in [3.63, 3.8) is 0 Å². The van der Waals surface area contributed by atoms with Crippen LogP contribution in [0.4, 0.5) is 0 Å². The Balaban J connectivity index is 2.39. The van der Waals surface area contributed by atoms with Crippen LogP contribution in [0.3, 0.4) is 0 Å². The summed E-state index contributed by atoms with van der Waals surface area (Å²) in [6.07, 6.45) is 0. The lowest BCUT2D eigenvalue weighted by molar-refractivity contribution is 0.0970. The van der Waals surface area contributed by atoms with E-state index >= 15 is 0 Å². The predicted octanol–water partition coefficient (Wildman–Crippen LogP) is 3.51. The minimum Gasteiger partial charge on any atom is -0.350 e. The van der Waals surface area contributed by atoms with Crippen molar-refractivity contribution in [1.82, 2.24) is 5.32 Å². The molecule has 1 amide bonds. The Labute approximate surface area is 105 Å². The monoisotopic (exact) mass is 234 g/mol. The van der Waals surface area contributed by atoms with Crippen molar-refractivity contribution in [1.29, 1.82) is 0 Å². The third-order valence-corrected chi connectivity index (χ3v) is 3.15. The van der Waals surface area contributed by atoms with E-state index in [1.807, 2.05) is 36.4 Å². The van der Waals surface area contributed by atoms with E-state index in [2.05, 4.69) is 30.6 Å². The lowest BCUT2D eigenvalue weighted by atomic mass is 9.99. The fourth-order valence-electron chi connectivity index (χ4n) is 2.26. The summed E-state index contributed by atoms with van der Waals surface area (Å²) >= 11 is 0. The number of amides is 1. The molecule has 0 bridgehead atoms. The van der Waals surface area contributed by atoms with Crippen molar-refractivity contribution >= 4 is 27.5 Å². The molecular formula is C16H12NO. The first-order chi connectivity index (χ1) is 8.79. The summed E-state index contributed by atoms with van der Waals surface area (Å²) in [5.41, 5.74) is 0.660. The molecular weight excluding hydrogens is 222 g/mol. The average Bonchev–Trinajstić information content (AvgIpc) is 2.43. The summed E-state index contributed by atoms with van der Waals surface area (Å²) in [5, 5.41) is 6.76. The zero-order valence-electron chi connectivity index (χ0n) is 9.81. The van der Waals surface area contributed by atoms with Crippen LogP contribution in [-0.4, -0.2) is 5.91 Å². The highest BCUT2D eigenvalue weighted by atomic mass is 16.1. The zero-order chi connectivity index (χ0) is 12.5. The molecule has 0 saturated heterocycles. The maximum absolute atomic E-state index is 11.8. The first-order valence-corrected chi connectivity index (χ1v) is 5.78. The molecule has 0 aliphatic rings. The third-order valence-electron chi connectivity index (χ3n) is 3.15. The van der Waals surface area contributed by atoms with Gasteiger partial charge in [0.25, 0.3) is 5.91 Å². The van der Waals surface area contributed by atoms with Gasteiger partial charge in [-0.05, 0) is 39.7 Å². The minimum absolute atomic E-state index is 0.157. The van der Waals surface area contributed by atoms with Crippen molar-refractivity contribution in [2.24, 2.45) is 0 Å². The van der Waals surface area contributed by atoms with E-state index in [1.54, 1.807) is 0 Å². The smallest absolute Gasteiger partial charge is 0.251 e. The molecule has 0 atom stereocenters. The molecule has 3 aromatic carbocycles. The molecule has 0 aromatic heterocycles. The Morgan fingerprint density at radius 1 is 0.889 bits per heavy atom. The Morgan fingerprint density at radius 2 is 1.56 bits per heavy atom. The van der Waals surface area contributed by atoms with Gasteiger partial charge in [-0.2, -0.15) is 0 Å². The molecule has 0 saturated carbocycles. The number of rotatable bonds is 1. The summed E-state index contributed by atoms with van der Waals surface area (Å²) in [6.45, 7) is 0. The second-order valence-electron chi connectivity index (χ2n) is 4.23. The minimum atomic E-state index is -0.157. The van der Waals surface area contributed by atoms with Gasteiger partial charge in [0, 0.05) is 12.6 Å². The molecule has 18 heavy (non-hydrogen) atoms. The van der Waals surface area contributed by atoms with E-state index in [0.29, 0.717) is 5.56 Å². The fraction of sp³-hybridized carbons (Fsp3) is 0. The van der Waals surface area contributed by atoms with Crippen molar-refractivity contribution in [2.75, 3.05) is 0 Å². The van der Waals surface area contributed by atoms with E-state index in [-0.39, 0.29) is 5.91 Å². The first kappa shape index (κ1) is 10.8. The van der Waals surface area contributed by atoms with Crippen LogP contribution in [0.2, 0.25) is 0 Å². The Kier molecular flexibility index (Phi) is 2.49. The van der Waals surface area contributed by atoms with Crippen molar-refractivity contribution in [3.8, 4) is 0 Å². The zero-order valence-corrected chi connectivity index (χ0v) is 9.81. The molecule has 2 heteroatoms. The molecule has 0 fully saturated rings. The number of carbonyl (C=O) groups is 1. The molecule has 3 aromatic rings. The number of carbonyl (C=O) groups excluding carboxylic acids is 1. The number of nitrogens with one attached hydrogen (secondary N) is 1. The van der Waals surface area contributed by atoms with Crippen LogP contribution in [0.5, 0.6) is 0 Å². The van der Waals surface area contributed by atoms with E-state index < -0.39 is 0 Å². The fourth-order valence-corrected chi connectivity index (χ4v) is 2.26. The Bertz CT molecular complexity index is 746. The summed E-state index contributed by atoms with van der Waals surface area (Å²) < 4.78 is 0. The highest BCUT2D eigenvalue weighted by Crippen LogP contribution is 2.25. The van der Waals surface area contributed by atoms with Crippen LogP contribution >= 0.6 is 0 Å². The van der Waals surface area contributed by atoms with E-state index in [4.69, 9.17) is 0 Å². The van der Waals surface area contributed by atoms with Gasteiger partial charge >= 0.3 is 0 Å². The maximum Gasteiger partial charge on any atom is 0.251 e. The standard InChI is InChI=1S/C16H12NO/c1-17-16(18)14-8-4-7-13-9-11-5-2-3-6-12(11)10-15(13)14/h2-10H,1H2,(H,17,18). The molecule has 87 valence electrons. The van der Waals surface area contributed by atoms with E-state index in [9.17, 15) is 4.79 Å². The number of fused-ring (bicyclic) bond motifs is 2. The topological polar surface area (TPSA) is 29.1 Å². The van der Waals surface area contributed by atoms with Crippen LogP contribution in [-0.2, 0) is 0 Å². The molecule has 2 nitrogen and oxygen atoms in total. The Morgan fingerprint density at radius 3 is 2.28 bits per heavy atom. The van der Waals surface area contributed by atoms with E-state index in [1.165, 1.54) is 5.39 Å². The molecule has 0 heterocycles. The highest BCUT2D eigenvalue weighted by molar-refractivity contribution is 6.10. The van der Waals surface area contributed by atoms with Crippen molar-refractivity contribution in [3.05, 3.63) is 67.2 Å². The van der Waals surface area contributed by atoms with Crippen LogP contribution < -0.4 is 5.32 Å². The van der Waals surface area contributed by atoms with Gasteiger partial charge in [-0.3, -0.25) is 4.79 Å². The third kappa shape index (κ3) is 1.63. The number of hydrogen-bond acceptors (Lipinski definition) is 1. The number of benzene rings is 3. The van der Waals surface area contributed by atoms with Gasteiger partial charge in [0.05, 0.1) is 0 Å². The lowest BCUT2D eigenvalue weighted by Crippen LogP contribution is -2.15. The molecule has 1 N–H and O–H groups in total. The quantitative estimate of drug-likeness (QED) is 0.641. The van der Waals surface area contributed by atoms with Gasteiger partial charge < -0.3 is 5.32 Å². The Hall–Kier alpha value is -2.35. The van der Waals surface area contributed by atoms with Gasteiger partial charge in [-0.15, -0.1) is 0 Å². The summed E-state index contributed by atoms with van der Waals surface area (Å²) in [4.78, 5) is 11.8. The van der Waals surface area contributed by atoms with Gasteiger partial charge in [-0.1, -0.05) is 36.4 Å². The average molecular weight is 234 g/mol. The van der Waals surface area contributed by atoms with Crippen LogP contribution in [0.15, 0.2) is 54.6 Å². The molecule has 1 radical (unpaired) electrons. The summed E-state index contributed by atoms with van der Waals surface area (Å²) in [5.74, 6) is -0.157. The molecule has 0 spiro atoms. The first-order valence-electron chi connectivity index (χ1n) is 5.78. The van der Waals surface area contributed by atoms with Crippen LogP contribution in [0, 0.1) is 7.05 Å². The molecule has 0 aliphatic carbocycles. The van der Waals surface area contributed by atoms with Crippen molar-refractivity contribution < 1.29 is 4.79 Å². The second kappa shape index (κ2) is 4.15. The predicted molar refractivity (Wildman–Crippen MR) is 74.3 cm³/mol. The largest absolute Gasteiger partial charge is 0.350 e. The van der Waals surface area contributed by atoms with Crippen LogP contribution in [0.25, 0.3) is 21.5 Å². The summed E-state index contributed by atoms with van der Waals surface area (Å²) in [6, 6.07) is 18.0. The normalized spacial score (nSPS) is 10.7. The van der Waals surface area contributed by atoms with Gasteiger partial charge in [0.15, 0.2) is 0 Å². The SMILES string of the molecule is [CH2]NC(=O)c1cccc2cc3ccccc3cc12. The highest BCUT2D eigenvalue weighted by Gasteiger charge is 2.08. The van der Waals surface area contributed by atoms with Gasteiger partial charge in [-0.25, -0.2) is 0 Å². The molecule has 0 aliphatic heterocycles. The molecule has 3 rings (SSSR count).